The maximum Gasteiger partial charge on any atom is 0.223 e. The van der Waals surface area contributed by atoms with Crippen LogP contribution in [0.1, 0.15) is 35.3 Å². The fourth-order valence-electron chi connectivity index (χ4n) is 2.71. The molecule has 1 aliphatic rings. The molecular weight excluding hydrogens is 286 g/mol. The highest BCUT2D eigenvalue weighted by Crippen LogP contribution is 2.14. The number of nitrogens with zero attached hydrogens (tertiary/aromatic N) is 4. The largest absolute Gasteiger partial charge is 0.340 e. The zero-order chi connectivity index (χ0) is 14.7. The van der Waals surface area contributed by atoms with E-state index in [9.17, 15) is 0 Å². The first-order valence-corrected chi connectivity index (χ1v) is 8.23. The fourth-order valence-corrected chi connectivity index (χ4v) is 3.32. The first-order chi connectivity index (χ1) is 10.2. The molecule has 1 unspecified atom stereocenters. The van der Waals surface area contributed by atoms with Gasteiger partial charge in [-0.1, -0.05) is 5.16 Å². The first-order valence-electron chi connectivity index (χ1n) is 7.35. The topological polar surface area (TPSA) is 67.1 Å². The van der Waals surface area contributed by atoms with Crippen molar-refractivity contribution in [2.75, 3.05) is 13.1 Å². The standard InChI is InChI=1S/C14H21N5OS/c1-10-16-14(18-20-10)8-19-5-3-4-12(7-19)15-6-13-9-21-11(2)17-13/h9,12,15H,3-8H2,1-2H3. The van der Waals surface area contributed by atoms with Crippen LogP contribution in [-0.4, -0.2) is 39.2 Å². The van der Waals surface area contributed by atoms with E-state index in [-0.39, 0.29) is 0 Å². The van der Waals surface area contributed by atoms with Gasteiger partial charge in [0, 0.05) is 31.4 Å². The Morgan fingerprint density at radius 1 is 1.43 bits per heavy atom. The van der Waals surface area contributed by atoms with Crippen molar-refractivity contribution in [1.29, 1.82) is 0 Å². The molecule has 2 aromatic rings. The summed E-state index contributed by atoms with van der Waals surface area (Å²) < 4.78 is 5.03. The quantitative estimate of drug-likeness (QED) is 0.910. The second-order valence-corrected chi connectivity index (χ2v) is 6.60. The van der Waals surface area contributed by atoms with E-state index in [1.807, 2.05) is 13.8 Å². The summed E-state index contributed by atoms with van der Waals surface area (Å²) >= 11 is 1.71. The molecule has 3 rings (SSSR count). The van der Waals surface area contributed by atoms with Crippen LogP contribution in [0.3, 0.4) is 0 Å². The summed E-state index contributed by atoms with van der Waals surface area (Å²) in [7, 11) is 0. The van der Waals surface area contributed by atoms with Crippen molar-refractivity contribution >= 4 is 11.3 Å². The molecule has 7 heteroatoms. The average molecular weight is 307 g/mol. The molecule has 0 radical (unpaired) electrons. The maximum absolute atomic E-state index is 5.03. The summed E-state index contributed by atoms with van der Waals surface area (Å²) in [5, 5.41) is 10.8. The van der Waals surface area contributed by atoms with Gasteiger partial charge >= 0.3 is 0 Å². The number of piperidine rings is 1. The van der Waals surface area contributed by atoms with Gasteiger partial charge in [0.2, 0.25) is 5.89 Å². The number of likely N-dealkylation sites (tertiary alicyclic amines) is 1. The number of rotatable bonds is 5. The molecule has 1 N–H and O–H groups in total. The Balaban J connectivity index is 1.48. The molecule has 6 nitrogen and oxygen atoms in total. The summed E-state index contributed by atoms with van der Waals surface area (Å²) in [5.74, 6) is 1.42. The van der Waals surface area contributed by atoms with Crippen molar-refractivity contribution in [3.63, 3.8) is 0 Å². The summed E-state index contributed by atoms with van der Waals surface area (Å²) in [5.41, 5.74) is 1.14. The molecule has 2 aromatic heterocycles. The van der Waals surface area contributed by atoms with Crippen LogP contribution in [0.25, 0.3) is 0 Å². The predicted octanol–water partition coefficient (Wildman–Crippen LogP) is 1.90. The molecule has 0 bridgehead atoms. The van der Waals surface area contributed by atoms with Crippen LogP contribution < -0.4 is 5.32 Å². The van der Waals surface area contributed by atoms with Crippen LogP contribution in [0, 0.1) is 13.8 Å². The Morgan fingerprint density at radius 2 is 2.33 bits per heavy atom. The lowest BCUT2D eigenvalue weighted by molar-refractivity contribution is 0.177. The number of nitrogens with one attached hydrogen (secondary N) is 1. The normalized spacial score (nSPS) is 20.0. The molecule has 0 saturated carbocycles. The van der Waals surface area contributed by atoms with Gasteiger partial charge in [-0.3, -0.25) is 4.90 Å². The number of thiazole rings is 1. The Morgan fingerprint density at radius 3 is 3.05 bits per heavy atom. The van der Waals surface area contributed by atoms with Crippen LogP contribution in [0.2, 0.25) is 0 Å². The Hall–Kier alpha value is -1.31. The molecule has 1 fully saturated rings. The Kier molecular flexibility index (Phi) is 4.62. The lowest BCUT2D eigenvalue weighted by Gasteiger charge is -2.32. The Bertz CT molecular complexity index is 581. The van der Waals surface area contributed by atoms with Gasteiger partial charge in [-0.15, -0.1) is 11.3 Å². The second kappa shape index (κ2) is 6.64. The van der Waals surface area contributed by atoms with Gasteiger partial charge in [-0.2, -0.15) is 4.98 Å². The van der Waals surface area contributed by atoms with Gasteiger partial charge in [0.25, 0.3) is 0 Å². The monoisotopic (exact) mass is 307 g/mol. The summed E-state index contributed by atoms with van der Waals surface area (Å²) in [6.45, 7) is 7.62. The Labute approximate surface area is 128 Å². The van der Waals surface area contributed by atoms with Crippen molar-refractivity contribution < 1.29 is 4.52 Å². The maximum atomic E-state index is 5.03. The van der Waals surface area contributed by atoms with Crippen LogP contribution in [-0.2, 0) is 13.1 Å². The molecular formula is C14H21N5OS. The van der Waals surface area contributed by atoms with Gasteiger partial charge in [0.15, 0.2) is 5.82 Å². The lowest BCUT2D eigenvalue weighted by Crippen LogP contribution is -2.45. The minimum Gasteiger partial charge on any atom is -0.340 e. The highest BCUT2D eigenvalue weighted by Gasteiger charge is 2.21. The number of hydrogen-bond donors (Lipinski definition) is 1. The smallest absolute Gasteiger partial charge is 0.223 e. The van der Waals surface area contributed by atoms with E-state index in [1.165, 1.54) is 12.8 Å². The molecule has 114 valence electrons. The van der Waals surface area contributed by atoms with E-state index in [4.69, 9.17) is 4.52 Å². The van der Waals surface area contributed by atoms with Gasteiger partial charge in [0.1, 0.15) is 0 Å². The van der Waals surface area contributed by atoms with Crippen LogP contribution in [0.5, 0.6) is 0 Å². The van der Waals surface area contributed by atoms with E-state index < -0.39 is 0 Å². The number of aryl methyl sites for hydroxylation is 2. The molecule has 1 atom stereocenters. The van der Waals surface area contributed by atoms with Gasteiger partial charge in [-0.05, 0) is 26.3 Å². The summed E-state index contributed by atoms with van der Waals surface area (Å²) in [6, 6.07) is 0.508. The number of aromatic nitrogens is 3. The molecule has 21 heavy (non-hydrogen) atoms. The third-order valence-electron chi connectivity index (χ3n) is 3.68. The average Bonchev–Trinajstić information content (AvgIpc) is 3.06. The molecule has 1 aliphatic heterocycles. The number of hydrogen-bond acceptors (Lipinski definition) is 7. The second-order valence-electron chi connectivity index (χ2n) is 5.54. The fraction of sp³-hybridized carbons (Fsp3) is 0.643. The molecule has 0 spiro atoms. The molecule has 1 saturated heterocycles. The van der Waals surface area contributed by atoms with Gasteiger partial charge in [-0.25, -0.2) is 4.98 Å². The zero-order valence-electron chi connectivity index (χ0n) is 12.5. The third-order valence-corrected chi connectivity index (χ3v) is 4.50. The summed E-state index contributed by atoms with van der Waals surface area (Å²) in [4.78, 5) is 11.2. The third kappa shape index (κ3) is 4.09. The van der Waals surface area contributed by atoms with Gasteiger partial charge < -0.3 is 9.84 Å². The highest BCUT2D eigenvalue weighted by molar-refractivity contribution is 7.09. The van der Waals surface area contributed by atoms with E-state index in [0.717, 1.165) is 42.7 Å². The van der Waals surface area contributed by atoms with Crippen molar-refractivity contribution in [3.05, 3.63) is 27.8 Å². The predicted molar refractivity (Wildman–Crippen MR) is 81.0 cm³/mol. The highest BCUT2D eigenvalue weighted by atomic mass is 32.1. The van der Waals surface area contributed by atoms with E-state index in [0.29, 0.717) is 11.9 Å². The minimum atomic E-state index is 0.508. The van der Waals surface area contributed by atoms with Crippen LogP contribution in [0.15, 0.2) is 9.90 Å². The van der Waals surface area contributed by atoms with Crippen molar-refractivity contribution in [2.24, 2.45) is 0 Å². The van der Waals surface area contributed by atoms with Crippen LogP contribution >= 0.6 is 11.3 Å². The minimum absolute atomic E-state index is 0.508. The molecule has 3 heterocycles. The van der Waals surface area contributed by atoms with Crippen LogP contribution in [0.4, 0.5) is 0 Å². The van der Waals surface area contributed by atoms with Crippen molar-refractivity contribution in [2.45, 2.75) is 45.8 Å². The molecule has 0 aromatic carbocycles. The van der Waals surface area contributed by atoms with E-state index in [2.05, 4.69) is 30.7 Å². The first kappa shape index (κ1) is 14.6. The van der Waals surface area contributed by atoms with Gasteiger partial charge in [0.05, 0.1) is 17.2 Å². The van der Waals surface area contributed by atoms with Crippen molar-refractivity contribution in [1.82, 2.24) is 25.3 Å². The lowest BCUT2D eigenvalue weighted by atomic mass is 10.1. The van der Waals surface area contributed by atoms with Crippen molar-refractivity contribution in [3.8, 4) is 0 Å². The SMILES string of the molecule is Cc1nc(CN2CCCC(NCc3csc(C)n3)C2)no1. The van der Waals surface area contributed by atoms with E-state index >= 15 is 0 Å². The van der Waals surface area contributed by atoms with E-state index in [1.54, 1.807) is 11.3 Å². The molecule has 0 aliphatic carbocycles. The molecule has 0 amide bonds. The zero-order valence-corrected chi connectivity index (χ0v) is 13.3. The summed E-state index contributed by atoms with van der Waals surface area (Å²) in [6.07, 6.45) is 2.41.